The lowest BCUT2D eigenvalue weighted by atomic mass is 10.2. The molecule has 2 rings (SSSR count). The van der Waals surface area contributed by atoms with Crippen LogP contribution in [0.5, 0.6) is 0 Å². The van der Waals surface area contributed by atoms with E-state index in [-0.39, 0.29) is 5.82 Å². The molecule has 0 saturated carbocycles. The molecule has 0 amide bonds. The summed E-state index contributed by atoms with van der Waals surface area (Å²) in [6.07, 6.45) is 0. The second-order valence-electron chi connectivity index (χ2n) is 3.96. The van der Waals surface area contributed by atoms with E-state index in [2.05, 4.69) is 37.2 Å². The Morgan fingerprint density at radius 1 is 1.06 bits per heavy atom. The van der Waals surface area contributed by atoms with Crippen molar-refractivity contribution >= 4 is 48.9 Å². The zero-order valence-electron chi connectivity index (χ0n) is 9.60. The minimum atomic E-state index is -0.374. The number of nitrogens with two attached hydrogens (primary N) is 1. The summed E-state index contributed by atoms with van der Waals surface area (Å²) < 4.78 is 14.6. The number of rotatable bonds is 2. The Morgan fingerprint density at radius 3 is 2.44 bits per heavy atom. The number of halogens is 3. The Bertz CT molecular complexity index is 600. The Labute approximate surface area is 122 Å². The second-order valence-corrected chi connectivity index (χ2v) is 5.67. The Kier molecular flexibility index (Phi) is 3.92. The van der Waals surface area contributed by atoms with Crippen molar-refractivity contribution in [3.8, 4) is 0 Å². The molecule has 0 fully saturated rings. The van der Waals surface area contributed by atoms with Gasteiger partial charge in [-0.3, -0.25) is 0 Å². The maximum atomic E-state index is 13.3. The fraction of sp³-hybridized carbons (Fsp3) is 0.0769. The summed E-state index contributed by atoms with van der Waals surface area (Å²) in [4.78, 5) is 0. The van der Waals surface area contributed by atoms with E-state index in [1.54, 1.807) is 6.07 Å². The van der Waals surface area contributed by atoms with Crippen LogP contribution in [0.1, 0.15) is 5.56 Å². The van der Waals surface area contributed by atoms with Crippen LogP contribution in [0.25, 0.3) is 0 Å². The highest BCUT2D eigenvalue weighted by atomic mass is 79.9. The quantitative estimate of drug-likeness (QED) is 0.728. The van der Waals surface area contributed by atoms with E-state index < -0.39 is 0 Å². The molecule has 0 aliphatic rings. The lowest BCUT2D eigenvalue weighted by molar-refractivity contribution is 0.622. The molecule has 0 aliphatic heterocycles. The molecule has 0 heterocycles. The van der Waals surface area contributed by atoms with Crippen molar-refractivity contribution < 1.29 is 4.39 Å². The molecular weight excluding hydrogens is 363 g/mol. The van der Waals surface area contributed by atoms with Gasteiger partial charge in [-0.25, -0.2) is 4.39 Å². The summed E-state index contributed by atoms with van der Waals surface area (Å²) in [5.41, 5.74) is 8.84. The third-order valence-corrected chi connectivity index (χ3v) is 3.75. The summed E-state index contributed by atoms with van der Waals surface area (Å²) >= 11 is 6.61. The van der Waals surface area contributed by atoms with Crippen molar-refractivity contribution in [3.63, 3.8) is 0 Å². The van der Waals surface area contributed by atoms with E-state index in [1.165, 1.54) is 6.07 Å². The Hall–Kier alpha value is -1.07. The van der Waals surface area contributed by atoms with Crippen LogP contribution in [0.15, 0.2) is 39.3 Å². The first kappa shape index (κ1) is 13.4. The van der Waals surface area contributed by atoms with Gasteiger partial charge in [0.05, 0.1) is 21.5 Å². The minimum Gasteiger partial charge on any atom is -0.397 e. The number of benzene rings is 2. The van der Waals surface area contributed by atoms with Gasteiger partial charge in [0.2, 0.25) is 0 Å². The number of nitrogens with one attached hydrogen (secondary N) is 1. The monoisotopic (exact) mass is 372 g/mol. The fourth-order valence-corrected chi connectivity index (χ4v) is 2.47. The van der Waals surface area contributed by atoms with Crippen molar-refractivity contribution in [1.82, 2.24) is 0 Å². The Morgan fingerprint density at radius 2 is 1.78 bits per heavy atom. The molecule has 5 heteroatoms. The molecule has 0 aromatic heterocycles. The van der Waals surface area contributed by atoms with Crippen LogP contribution in [0, 0.1) is 12.7 Å². The van der Waals surface area contributed by atoms with Crippen molar-refractivity contribution in [3.05, 3.63) is 50.7 Å². The van der Waals surface area contributed by atoms with E-state index in [4.69, 9.17) is 5.73 Å². The molecular formula is C13H11Br2FN2. The highest BCUT2D eigenvalue weighted by molar-refractivity contribution is 9.10. The largest absolute Gasteiger partial charge is 0.397 e. The van der Waals surface area contributed by atoms with E-state index >= 15 is 0 Å². The zero-order chi connectivity index (χ0) is 13.3. The van der Waals surface area contributed by atoms with Crippen molar-refractivity contribution in [2.24, 2.45) is 0 Å². The summed E-state index contributed by atoms with van der Waals surface area (Å²) in [7, 11) is 0. The average Bonchev–Trinajstić information content (AvgIpc) is 2.29. The lowest BCUT2D eigenvalue weighted by Crippen LogP contribution is -1.98. The van der Waals surface area contributed by atoms with Gasteiger partial charge < -0.3 is 11.1 Å². The van der Waals surface area contributed by atoms with Crippen molar-refractivity contribution in [2.45, 2.75) is 6.92 Å². The van der Waals surface area contributed by atoms with Gasteiger partial charge in [-0.05, 0) is 62.5 Å². The zero-order valence-corrected chi connectivity index (χ0v) is 12.8. The fourth-order valence-electron chi connectivity index (χ4n) is 1.54. The number of anilines is 3. The van der Waals surface area contributed by atoms with Crippen LogP contribution >= 0.6 is 31.9 Å². The first-order chi connectivity index (χ1) is 8.47. The van der Waals surface area contributed by atoms with Crippen molar-refractivity contribution in [2.75, 3.05) is 11.1 Å². The van der Waals surface area contributed by atoms with Gasteiger partial charge >= 0.3 is 0 Å². The molecule has 2 aromatic carbocycles. The summed E-state index contributed by atoms with van der Waals surface area (Å²) in [5.74, 6) is -0.374. The first-order valence-corrected chi connectivity index (χ1v) is 6.83. The maximum absolute atomic E-state index is 13.3. The molecule has 0 atom stereocenters. The highest BCUT2D eigenvalue weighted by Gasteiger charge is 2.07. The summed E-state index contributed by atoms with van der Waals surface area (Å²) in [6, 6.07) is 8.83. The average molecular weight is 374 g/mol. The Balaban J connectivity index is 2.37. The van der Waals surface area contributed by atoms with Gasteiger partial charge in [-0.2, -0.15) is 0 Å². The summed E-state index contributed by atoms with van der Waals surface area (Å²) in [5, 5.41) is 3.17. The molecule has 0 saturated heterocycles. The van der Waals surface area contributed by atoms with E-state index in [0.29, 0.717) is 15.8 Å². The maximum Gasteiger partial charge on any atom is 0.139 e. The van der Waals surface area contributed by atoms with Gasteiger partial charge in [0.1, 0.15) is 5.82 Å². The molecule has 0 unspecified atom stereocenters. The van der Waals surface area contributed by atoms with Crippen LogP contribution in [0.3, 0.4) is 0 Å². The molecule has 18 heavy (non-hydrogen) atoms. The van der Waals surface area contributed by atoms with Crippen LogP contribution < -0.4 is 11.1 Å². The van der Waals surface area contributed by atoms with Gasteiger partial charge in [0.15, 0.2) is 0 Å². The molecule has 0 spiro atoms. The van der Waals surface area contributed by atoms with E-state index in [1.807, 2.05) is 25.1 Å². The van der Waals surface area contributed by atoms with Gasteiger partial charge in [-0.1, -0.05) is 6.07 Å². The first-order valence-electron chi connectivity index (χ1n) is 5.25. The SMILES string of the molecule is Cc1ccc(Nc2cc(Br)c(F)cc2N)c(Br)c1. The number of aryl methyl sites for hydroxylation is 1. The van der Waals surface area contributed by atoms with Gasteiger partial charge in [0, 0.05) is 10.5 Å². The molecule has 3 N–H and O–H groups in total. The topological polar surface area (TPSA) is 38.0 Å². The third-order valence-electron chi connectivity index (χ3n) is 2.49. The van der Waals surface area contributed by atoms with E-state index in [0.717, 1.165) is 15.7 Å². The standard InChI is InChI=1S/C13H11Br2FN2/c1-7-2-3-12(9(15)4-7)18-13-5-8(14)10(16)6-11(13)17/h2-6,18H,17H2,1H3. The molecule has 0 bridgehead atoms. The number of nitrogen functional groups attached to an aromatic ring is 1. The molecule has 0 radical (unpaired) electrons. The molecule has 94 valence electrons. The molecule has 2 aromatic rings. The predicted molar refractivity (Wildman–Crippen MR) is 80.7 cm³/mol. The molecule has 2 nitrogen and oxygen atoms in total. The number of hydrogen-bond donors (Lipinski definition) is 2. The van der Waals surface area contributed by atoms with Crippen LogP contribution in [-0.4, -0.2) is 0 Å². The van der Waals surface area contributed by atoms with E-state index in [9.17, 15) is 4.39 Å². The smallest absolute Gasteiger partial charge is 0.139 e. The van der Waals surface area contributed by atoms with Crippen LogP contribution in [0.4, 0.5) is 21.5 Å². The predicted octanol–water partition coefficient (Wildman–Crippen LogP) is 4.98. The van der Waals surface area contributed by atoms with Crippen molar-refractivity contribution in [1.29, 1.82) is 0 Å². The summed E-state index contributed by atoms with van der Waals surface area (Å²) in [6.45, 7) is 2.01. The third kappa shape index (κ3) is 2.84. The van der Waals surface area contributed by atoms with Gasteiger partial charge in [0.25, 0.3) is 0 Å². The second kappa shape index (κ2) is 5.28. The van der Waals surface area contributed by atoms with Crippen LogP contribution in [0.2, 0.25) is 0 Å². The normalized spacial score (nSPS) is 10.4. The lowest BCUT2D eigenvalue weighted by Gasteiger charge is -2.12. The van der Waals surface area contributed by atoms with Crippen LogP contribution in [-0.2, 0) is 0 Å². The number of hydrogen-bond acceptors (Lipinski definition) is 2. The highest BCUT2D eigenvalue weighted by Crippen LogP contribution is 2.32. The molecule has 0 aliphatic carbocycles. The minimum absolute atomic E-state index is 0.364. The van der Waals surface area contributed by atoms with Gasteiger partial charge in [-0.15, -0.1) is 0 Å².